The first-order chi connectivity index (χ1) is 6.06. The van der Waals surface area contributed by atoms with Gasteiger partial charge in [0.2, 0.25) is 5.91 Å². The van der Waals surface area contributed by atoms with Crippen LogP contribution >= 0.6 is 0 Å². The first-order valence-electron chi connectivity index (χ1n) is 5.09. The molecule has 76 valence electrons. The van der Waals surface area contributed by atoms with Crippen LogP contribution in [0.15, 0.2) is 0 Å². The number of rotatable bonds is 3. The molecule has 1 aliphatic heterocycles. The first-order valence-corrected chi connectivity index (χ1v) is 5.09. The first kappa shape index (κ1) is 10.5. The van der Waals surface area contributed by atoms with Crippen molar-refractivity contribution in [1.82, 2.24) is 4.90 Å². The quantitative estimate of drug-likeness (QED) is 0.706. The second kappa shape index (κ2) is 4.09. The Morgan fingerprint density at radius 1 is 1.62 bits per heavy atom. The van der Waals surface area contributed by atoms with E-state index in [4.69, 9.17) is 5.73 Å². The lowest BCUT2D eigenvalue weighted by Crippen LogP contribution is -2.36. The zero-order chi connectivity index (χ0) is 10.0. The van der Waals surface area contributed by atoms with Gasteiger partial charge in [0.05, 0.1) is 0 Å². The van der Waals surface area contributed by atoms with Crippen molar-refractivity contribution in [3.05, 3.63) is 0 Å². The third-order valence-corrected chi connectivity index (χ3v) is 2.94. The van der Waals surface area contributed by atoms with E-state index in [0.717, 1.165) is 13.1 Å². The summed E-state index contributed by atoms with van der Waals surface area (Å²) in [6.45, 7) is 7.92. The summed E-state index contributed by atoms with van der Waals surface area (Å²) >= 11 is 0. The summed E-state index contributed by atoms with van der Waals surface area (Å²) in [5.41, 5.74) is 6.02. The fraction of sp³-hybridized carbons (Fsp3) is 0.900. The second-order valence-electron chi connectivity index (χ2n) is 4.22. The average Bonchev–Trinajstić information content (AvgIpc) is 2.45. The van der Waals surface area contributed by atoms with Crippen LogP contribution in [0.4, 0.5) is 0 Å². The maximum atomic E-state index is 11.4. The summed E-state index contributed by atoms with van der Waals surface area (Å²) < 4.78 is 0. The van der Waals surface area contributed by atoms with Gasteiger partial charge >= 0.3 is 0 Å². The summed E-state index contributed by atoms with van der Waals surface area (Å²) in [5.74, 6) is 1.10. The van der Waals surface area contributed by atoms with E-state index in [1.807, 2.05) is 11.8 Å². The van der Waals surface area contributed by atoms with Gasteiger partial charge in [-0.15, -0.1) is 0 Å². The molecular formula is C10H20N2O. The molecule has 2 N–H and O–H groups in total. The standard InChI is InChI=1S/C10H20N2O/c1-4-12-6-8(5-9(12)13)10(11)7(2)3/h7-8,10H,4-6,11H2,1-3H3. The Morgan fingerprint density at radius 2 is 2.23 bits per heavy atom. The molecule has 0 aromatic heterocycles. The van der Waals surface area contributed by atoms with Crippen LogP contribution in [0, 0.1) is 11.8 Å². The van der Waals surface area contributed by atoms with Gasteiger partial charge in [0.25, 0.3) is 0 Å². The van der Waals surface area contributed by atoms with Crippen LogP contribution in [0.2, 0.25) is 0 Å². The van der Waals surface area contributed by atoms with Gasteiger partial charge in [0, 0.05) is 31.5 Å². The van der Waals surface area contributed by atoms with Crippen molar-refractivity contribution >= 4 is 5.91 Å². The fourth-order valence-electron chi connectivity index (χ4n) is 1.91. The molecule has 1 aliphatic rings. The summed E-state index contributed by atoms with van der Waals surface area (Å²) in [7, 11) is 0. The summed E-state index contributed by atoms with van der Waals surface area (Å²) in [6.07, 6.45) is 0.646. The molecule has 0 saturated carbocycles. The fourth-order valence-corrected chi connectivity index (χ4v) is 1.91. The van der Waals surface area contributed by atoms with Crippen molar-refractivity contribution in [2.75, 3.05) is 13.1 Å². The minimum Gasteiger partial charge on any atom is -0.343 e. The summed E-state index contributed by atoms with van der Waals surface area (Å²) in [4.78, 5) is 13.3. The van der Waals surface area contributed by atoms with Crippen LogP contribution in [0.3, 0.4) is 0 Å². The van der Waals surface area contributed by atoms with Crippen molar-refractivity contribution in [3.8, 4) is 0 Å². The number of carbonyl (C=O) groups is 1. The molecule has 13 heavy (non-hydrogen) atoms. The highest BCUT2D eigenvalue weighted by atomic mass is 16.2. The molecule has 0 radical (unpaired) electrons. The Bertz CT molecular complexity index is 191. The van der Waals surface area contributed by atoms with E-state index in [-0.39, 0.29) is 11.9 Å². The van der Waals surface area contributed by atoms with E-state index in [0.29, 0.717) is 18.3 Å². The molecule has 0 aromatic rings. The molecule has 1 amide bonds. The number of amides is 1. The van der Waals surface area contributed by atoms with Crippen molar-refractivity contribution in [1.29, 1.82) is 0 Å². The number of hydrogen-bond donors (Lipinski definition) is 1. The van der Waals surface area contributed by atoms with Gasteiger partial charge in [-0.2, -0.15) is 0 Å². The van der Waals surface area contributed by atoms with Gasteiger partial charge in [-0.1, -0.05) is 13.8 Å². The van der Waals surface area contributed by atoms with Gasteiger partial charge in [0.15, 0.2) is 0 Å². The minimum absolute atomic E-state index is 0.167. The lowest BCUT2D eigenvalue weighted by molar-refractivity contribution is -0.127. The third kappa shape index (κ3) is 2.21. The molecule has 1 heterocycles. The van der Waals surface area contributed by atoms with E-state index in [9.17, 15) is 4.79 Å². The highest BCUT2D eigenvalue weighted by Gasteiger charge is 2.33. The predicted molar refractivity (Wildman–Crippen MR) is 53.2 cm³/mol. The molecule has 0 aliphatic carbocycles. The molecule has 0 bridgehead atoms. The van der Waals surface area contributed by atoms with Crippen molar-refractivity contribution in [3.63, 3.8) is 0 Å². The highest BCUT2D eigenvalue weighted by molar-refractivity contribution is 5.78. The van der Waals surface area contributed by atoms with Crippen LogP contribution < -0.4 is 5.73 Å². The molecule has 1 saturated heterocycles. The molecular weight excluding hydrogens is 164 g/mol. The normalized spacial score (nSPS) is 25.8. The molecule has 2 atom stereocenters. The number of nitrogens with two attached hydrogens (primary N) is 1. The van der Waals surface area contributed by atoms with Crippen molar-refractivity contribution < 1.29 is 4.79 Å². The van der Waals surface area contributed by atoms with Gasteiger partial charge in [-0.25, -0.2) is 0 Å². The van der Waals surface area contributed by atoms with Gasteiger partial charge in [0.1, 0.15) is 0 Å². The van der Waals surface area contributed by atoms with Crippen LogP contribution in [0.1, 0.15) is 27.2 Å². The average molecular weight is 184 g/mol. The number of nitrogens with zero attached hydrogens (tertiary/aromatic N) is 1. The largest absolute Gasteiger partial charge is 0.343 e. The lowest BCUT2D eigenvalue weighted by atomic mass is 9.91. The maximum Gasteiger partial charge on any atom is 0.222 e. The Morgan fingerprint density at radius 3 is 2.62 bits per heavy atom. The molecule has 3 nitrogen and oxygen atoms in total. The number of carbonyl (C=O) groups excluding carboxylic acids is 1. The highest BCUT2D eigenvalue weighted by Crippen LogP contribution is 2.23. The van der Waals surface area contributed by atoms with Crippen LogP contribution in [-0.4, -0.2) is 29.9 Å². The van der Waals surface area contributed by atoms with E-state index >= 15 is 0 Å². The van der Waals surface area contributed by atoms with E-state index in [1.54, 1.807) is 0 Å². The van der Waals surface area contributed by atoms with Gasteiger partial charge in [-0.3, -0.25) is 4.79 Å². The monoisotopic (exact) mass is 184 g/mol. The number of hydrogen-bond acceptors (Lipinski definition) is 2. The third-order valence-electron chi connectivity index (χ3n) is 2.94. The van der Waals surface area contributed by atoms with E-state index < -0.39 is 0 Å². The van der Waals surface area contributed by atoms with Gasteiger partial charge in [-0.05, 0) is 12.8 Å². The molecule has 0 spiro atoms. The molecule has 3 heteroatoms. The van der Waals surface area contributed by atoms with Crippen LogP contribution in [-0.2, 0) is 4.79 Å². The summed E-state index contributed by atoms with van der Waals surface area (Å²) in [5, 5.41) is 0. The van der Waals surface area contributed by atoms with Gasteiger partial charge < -0.3 is 10.6 Å². The van der Waals surface area contributed by atoms with Crippen molar-refractivity contribution in [2.45, 2.75) is 33.2 Å². The number of likely N-dealkylation sites (tertiary alicyclic amines) is 1. The Labute approximate surface area is 80.3 Å². The van der Waals surface area contributed by atoms with Crippen LogP contribution in [0.25, 0.3) is 0 Å². The molecule has 2 unspecified atom stereocenters. The van der Waals surface area contributed by atoms with E-state index in [2.05, 4.69) is 13.8 Å². The Hall–Kier alpha value is -0.570. The lowest BCUT2D eigenvalue weighted by Gasteiger charge is -2.22. The Kier molecular flexibility index (Phi) is 3.31. The zero-order valence-electron chi connectivity index (χ0n) is 8.79. The molecule has 1 rings (SSSR count). The topological polar surface area (TPSA) is 46.3 Å². The van der Waals surface area contributed by atoms with Crippen LogP contribution in [0.5, 0.6) is 0 Å². The SMILES string of the molecule is CCN1CC(C(N)C(C)C)CC1=O. The zero-order valence-corrected chi connectivity index (χ0v) is 8.79. The second-order valence-corrected chi connectivity index (χ2v) is 4.22. The maximum absolute atomic E-state index is 11.4. The van der Waals surface area contributed by atoms with Crippen molar-refractivity contribution in [2.24, 2.45) is 17.6 Å². The summed E-state index contributed by atoms with van der Waals surface area (Å²) in [6, 6.07) is 0.167. The molecule has 0 aromatic carbocycles. The van der Waals surface area contributed by atoms with E-state index in [1.165, 1.54) is 0 Å². The molecule has 1 fully saturated rings. The minimum atomic E-state index is 0.167. The smallest absolute Gasteiger partial charge is 0.222 e. The Balaban J connectivity index is 2.52. The predicted octanol–water partition coefficient (Wildman–Crippen LogP) is 0.838.